The highest BCUT2D eigenvalue weighted by atomic mass is 19.1. The van der Waals surface area contributed by atoms with Crippen LogP contribution in [0.5, 0.6) is 0 Å². The van der Waals surface area contributed by atoms with Crippen molar-refractivity contribution >= 4 is 0 Å². The minimum Gasteiger partial charge on any atom is -0.385 e. The first kappa shape index (κ1) is 13.2. The van der Waals surface area contributed by atoms with Gasteiger partial charge in [-0.3, -0.25) is 0 Å². The average Bonchev–Trinajstić information content (AvgIpc) is 2.98. The topological polar surface area (TPSA) is 50.9 Å². The second-order valence-electron chi connectivity index (χ2n) is 5.37. The van der Waals surface area contributed by atoms with Crippen LogP contribution < -0.4 is 0 Å². The minimum atomic E-state index is -1.03. The van der Waals surface area contributed by atoms with E-state index in [2.05, 4.69) is 17.0 Å². The predicted molar refractivity (Wildman–Crippen MR) is 72.6 cm³/mol. The third kappa shape index (κ3) is 2.12. The number of fused-ring (bicyclic) bond motifs is 1. The highest BCUT2D eigenvalue weighted by Gasteiger charge is 2.39. The van der Waals surface area contributed by atoms with Crippen LogP contribution in [-0.4, -0.2) is 19.9 Å². The molecule has 1 N–H and O–H groups in total. The van der Waals surface area contributed by atoms with Crippen molar-refractivity contribution in [3.63, 3.8) is 0 Å². The number of hydrogen-bond donors (Lipinski definition) is 1. The summed E-state index contributed by atoms with van der Waals surface area (Å²) in [6.45, 7) is 2.85. The van der Waals surface area contributed by atoms with E-state index in [0.29, 0.717) is 30.4 Å². The van der Waals surface area contributed by atoms with Gasteiger partial charge in [-0.1, -0.05) is 19.1 Å². The van der Waals surface area contributed by atoms with Crippen LogP contribution in [0.3, 0.4) is 0 Å². The van der Waals surface area contributed by atoms with Crippen molar-refractivity contribution in [1.29, 1.82) is 0 Å². The molecule has 1 heterocycles. The fourth-order valence-electron chi connectivity index (χ4n) is 2.98. The Morgan fingerprint density at radius 3 is 3.10 bits per heavy atom. The Hall–Kier alpha value is -1.75. The lowest BCUT2D eigenvalue weighted by molar-refractivity contribution is 0.0357. The first-order valence-corrected chi connectivity index (χ1v) is 7.01. The summed E-state index contributed by atoms with van der Waals surface area (Å²) in [5, 5.41) is 15.1. The molecule has 0 saturated heterocycles. The molecule has 0 saturated carbocycles. The number of nitrogens with zero attached hydrogens (tertiary/aromatic N) is 3. The second kappa shape index (κ2) is 4.98. The van der Waals surface area contributed by atoms with E-state index in [4.69, 9.17) is 0 Å². The summed E-state index contributed by atoms with van der Waals surface area (Å²) < 4.78 is 15.6. The summed E-state index contributed by atoms with van der Waals surface area (Å²) in [5.74, 6) is 0.528. The van der Waals surface area contributed by atoms with Gasteiger partial charge in [-0.25, -0.2) is 14.1 Å². The van der Waals surface area contributed by atoms with Crippen LogP contribution >= 0.6 is 0 Å². The van der Waals surface area contributed by atoms with Crippen molar-refractivity contribution in [2.24, 2.45) is 0 Å². The van der Waals surface area contributed by atoms with Gasteiger partial charge in [0.05, 0.1) is 5.60 Å². The molecule has 0 spiro atoms. The van der Waals surface area contributed by atoms with Crippen molar-refractivity contribution in [3.05, 3.63) is 47.3 Å². The summed E-state index contributed by atoms with van der Waals surface area (Å²) >= 11 is 0. The lowest BCUT2D eigenvalue weighted by atomic mass is 9.92. The molecule has 3 rings (SSSR count). The zero-order valence-electron chi connectivity index (χ0n) is 11.5. The van der Waals surface area contributed by atoms with Crippen molar-refractivity contribution in [2.75, 3.05) is 0 Å². The van der Waals surface area contributed by atoms with Gasteiger partial charge in [0.25, 0.3) is 0 Å². The van der Waals surface area contributed by atoms with E-state index in [1.165, 1.54) is 12.4 Å². The van der Waals surface area contributed by atoms with Gasteiger partial charge in [0.1, 0.15) is 18.0 Å². The van der Waals surface area contributed by atoms with E-state index in [9.17, 15) is 9.50 Å². The van der Waals surface area contributed by atoms with Crippen molar-refractivity contribution < 1.29 is 9.50 Å². The molecule has 1 aromatic heterocycles. The number of halogens is 1. The molecule has 0 amide bonds. The van der Waals surface area contributed by atoms with Crippen molar-refractivity contribution in [1.82, 2.24) is 14.8 Å². The number of rotatable bonds is 4. The van der Waals surface area contributed by atoms with Crippen LogP contribution in [0.15, 0.2) is 24.5 Å². The zero-order chi connectivity index (χ0) is 14.2. The highest BCUT2D eigenvalue weighted by molar-refractivity contribution is 5.38. The van der Waals surface area contributed by atoms with E-state index in [1.807, 2.05) is 10.7 Å². The van der Waals surface area contributed by atoms with Gasteiger partial charge >= 0.3 is 0 Å². The molecular weight excluding hydrogens is 257 g/mol. The van der Waals surface area contributed by atoms with E-state index in [1.54, 1.807) is 6.07 Å². The molecule has 1 aliphatic carbocycles. The first-order chi connectivity index (χ1) is 9.64. The standard InChI is InChI=1S/C15H18FN3O/c1-2-8-19-14(17-10-18-19)9-15(20)7-6-11-12(15)4-3-5-13(11)16/h3-5,10,20H,2,6-9H2,1H3. The maximum atomic E-state index is 13.8. The van der Waals surface area contributed by atoms with Crippen LogP contribution in [0, 0.1) is 5.82 Å². The molecule has 106 valence electrons. The molecule has 1 aliphatic rings. The summed E-state index contributed by atoms with van der Waals surface area (Å²) in [4.78, 5) is 4.24. The van der Waals surface area contributed by atoms with E-state index < -0.39 is 5.60 Å². The maximum Gasteiger partial charge on any atom is 0.138 e. The SMILES string of the molecule is CCCn1ncnc1CC1(O)CCc2c(F)cccc21. The third-order valence-electron chi connectivity index (χ3n) is 3.99. The quantitative estimate of drug-likeness (QED) is 0.930. The Labute approximate surface area is 117 Å². The molecule has 4 nitrogen and oxygen atoms in total. The molecule has 0 fully saturated rings. The molecule has 5 heteroatoms. The van der Waals surface area contributed by atoms with E-state index >= 15 is 0 Å². The Morgan fingerprint density at radius 2 is 2.30 bits per heavy atom. The lowest BCUT2D eigenvalue weighted by Gasteiger charge is -2.23. The number of hydrogen-bond acceptors (Lipinski definition) is 3. The van der Waals surface area contributed by atoms with Gasteiger partial charge in [0, 0.05) is 13.0 Å². The smallest absolute Gasteiger partial charge is 0.138 e. The first-order valence-electron chi connectivity index (χ1n) is 7.01. The molecule has 1 unspecified atom stereocenters. The molecule has 1 atom stereocenters. The van der Waals surface area contributed by atoms with Gasteiger partial charge in [-0.05, 0) is 36.5 Å². The molecule has 0 radical (unpaired) electrons. The Balaban J connectivity index is 1.92. The predicted octanol–water partition coefficient (Wildman–Crippen LogP) is 2.20. The fraction of sp³-hybridized carbons (Fsp3) is 0.467. The summed E-state index contributed by atoms with van der Waals surface area (Å²) in [6, 6.07) is 4.91. The highest BCUT2D eigenvalue weighted by Crippen LogP contribution is 2.40. The molecule has 20 heavy (non-hydrogen) atoms. The average molecular weight is 275 g/mol. The van der Waals surface area contributed by atoms with Gasteiger partial charge in [0.2, 0.25) is 0 Å². The van der Waals surface area contributed by atoms with Crippen molar-refractivity contribution in [2.45, 2.75) is 44.8 Å². The number of aliphatic hydroxyl groups is 1. The van der Waals surface area contributed by atoms with Crippen LogP contribution in [0.1, 0.15) is 36.7 Å². The van der Waals surface area contributed by atoms with Gasteiger partial charge in [-0.15, -0.1) is 0 Å². The third-order valence-corrected chi connectivity index (χ3v) is 3.99. The summed E-state index contributed by atoms with van der Waals surface area (Å²) in [7, 11) is 0. The fourth-order valence-corrected chi connectivity index (χ4v) is 2.98. The van der Waals surface area contributed by atoms with Crippen molar-refractivity contribution in [3.8, 4) is 0 Å². The van der Waals surface area contributed by atoms with E-state index in [0.717, 1.165) is 18.8 Å². The number of benzene rings is 1. The van der Waals surface area contributed by atoms with Gasteiger partial charge < -0.3 is 5.11 Å². The van der Waals surface area contributed by atoms with Crippen LogP contribution in [0.25, 0.3) is 0 Å². The van der Waals surface area contributed by atoms with Gasteiger partial charge in [0.15, 0.2) is 0 Å². The molecule has 1 aromatic carbocycles. The summed E-state index contributed by atoms with van der Waals surface area (Å²) in [6.07, 6.45) is 3.95. The largest absolute Gasteiger partial charge is 0.385 e. The summed E-state index contributed by atoms with van der Waals surface area (Å²) in [5.41, 5.74) is 0.302. The molecule has 0 aliphatic heterocycles. The second-order valence-corrected chi connectivity index (χ2v) is 5.37. The number of aromatic nitrogens is 3. The van der Waals surface area contributed by atoms with E-state index in [-0.39, 0.29) is 5.82 Å². The maximum absolute atomic E-state index is 13.8. The van der Waals surface area contributed by atoms with Crippen LogP contribution in [0.2, 0.25) is 0 Å². The van der Waals surface area contributed by atoms with Crippen LogP contribution in [-0.2, 0) is 25.0 Å². The Kier molecular flexibility index (Phi) is 3.30. The number of aryl methyl sites for hydroxylation is 1. The Bertz CT molecular complexity index is 625. The lowest BCUT2D eigenvalue weighted by Crippen LogP contribution is -2.27. The molecule has 0 bridgehead atoms. The monoisotopic (exact) mass is 275 g/mol. The minimum absolute atomic E-state index is 0.228. The Morgan fingerprint density at radius 1 is 1.45 bits per heavy atom. The normalized spacial score (nSPS) is 21.1. The van der Waals surface area contributed by atoms with Crippen LogP contribution in [0.4, 0.5) is 4.39 Å². The molecule has 2 aromatic rings. The zero-order valence-corrected chi connectivity index (χ0v) is 11.5. The van der Waals surface area contributed by atoms with Gasteiger partial charge in [-0.2, -0.15) is 5.10 Å². The molecular formula is C15H18FN3O.